The zero-order chi connectivity index (χ0) is 19.7. The average Bonchev–Trinajstić information content (AvgIpc) is 2.99. The molecule has 140 valence electrons. The van der Waals surface area contributed by atoms with Crippen LogP contribution in [0.1, 0.15) is 22.6 Å². The van der Waals surface area contributed by atoms with Gasteiger partial charge in [-0.3, -0.25) is 14.2 Å². The molecule has 3 rings (SSSR count). The van der Waals surface area contributed by atoms with Gasteiger partial charge in [-0.15, -0.1) is 0 Å². The Morgan fingerprint density at radius 3 is 2.37 bits per heavy atom. The standard InChI is InChI=1S/C20H23N5O2/c1-13-11-14(2)25(22-13)20-21-16(4)15(3)19(27)24(20)12-18(26)23(5)17-9-7-6-8-10-17/h6-11H,12H2,1-5H3. The minimum atomic E-state index is -0.236. The number of para-hydroxylation sites is 1. The van der Waals surface area contributed by atoms with Gasteiger partial charge in [-0.25, -0.2) is 9.67 Å². The monoisotopic (exact) mass is 365 g/mol. The minimum Gasteiger partial charge on any atom is -0.314 e. The van der Waals surface area contributed by atoms with Crippen LogP contribution >= 0.6 is 0 Å². The Morgan fingerprint density at radius 2 is 1.78 bits per heavy atom. The van der Waals surface area contributed by atoms with Crippen molar-refractivity contribution in [3.05, 3.63) is 69.4 Å². The maximum absolute atomic E-state index is 12.9. The molecule has 0 saturated carbocycles. The van der Waals surface area contributed by atoms with Gasteiger partial charge < -0.3 is 4.90 Å². The fraction of sp³-hybridized carbons (Fsp3) is 0.300. The zero-order valence-electron chi connectivity index (χ0n) is 16.2. The van der Waals surface area contributed by atoms with Gasteiger partial charge in [0.1, 0.15) is 6.54 Å². The van der Waals surface area contributed by atoms with Crippen molar-refractivity contribution in [3.8, 4) is 5.95 Å². The predicted octanol–water partition coefficient (Wildman–Crippen LogP) is 2.33. The second kappa shape index (κ2) is 7.19. The fourth-order valence-corrected chi connectivity index (χ4v) is 2.91. The number of benzene rings is 1. The highest BCUT2D eigenvalue weighted by molar-refractivity contribution is 5.92. The molecule has 0 unspecified atom stereocenters. The maximum Gasteiger partial charge on any atom is 0.258 e. The third-order valence-electron chi connectivity index (χ3n) is 4.63. The van der Waals surface area contributed by atoms with Gasteiger partial charge in [-0.2, -0.15) is 5.10 Å². The summed E-state index contributed by atoms with van der Waals surface area (Å²) in [4.78, 5) is 31.8. The molecule has 2 aromatic heterocycles. The highest BCUT2D eigenvalue weighted by Crippen LogP contribution is 2.14. The van der Waals surface area contributed by atoms with Crippen LogP contribution in [0.3, 0.4) is 0 Å². The van der Waals surface area contributed by atoms with Crippen LogP contribution in [0.4, 0.5) is 5.69 Å². The Bertz CT molecular complexity index is 1050. The molecule has 0 aliphatic carbocycles. The van der Waals surface area contributed by atoms with Gasteiger partial charge in [-0.1, -0.05) is 18.2 Å². The van der Waals surface area contributed by atoms with Crippen LogP contribution in [0.5, 0.6) is 0 Å². The Balaban J connectivity index is 2.07. The van der Waals surface area contributed by atoms with Crippen LogP contribution in [-0.2, 0) is 11.3 Å². The third kappa shape index (κ3) is 3.53. The molecule has 7 nitrogen and oxygen atoms in total. The number of aromatic nitrogens is 4. The molecule has 0 radical (unpaired) electrons. The molecule has 0 aliphatic rings. The van der Waals surface area contributed by atoms with Crippen LogP contribution in [0.15, 0.2) is 41.2 Å². The lowest BCUT2D eigenvalue weighted by molar-refractivity contribution is -0.118. The van der Waals surface area contributed by atoms with E-state index in [-0.39, 0.29) is 18.0 Å². The van der Waals surface area contributed by atoms with E-state index in [4.69, 9.17) is 0 Å². The second-order valence-corrected chi connectivity index (χ2v) is 6.64. The summed E-state index contributed by atoms with van der Waals surface area (Å²) in [6.07, 6.45) is 0. The van der Waals surface area contributed by atoms with Crippen molar-refractivity contribution in [2.45, 2.75) is 34.2 Å². The smallest absolute Gasteiger partial charge is 0.258 e. The van der Waals surface area contributed by atoms with E-state index in [0.717, 1.165) is 17.1 Å². The highest BCUT2D eigenvalue weighted by Gasteiger charge is 2.20. The molecule has 1 amide bonds. The molecule has 0 fully saturated rings. The molecule has 0 atom stereocenters. The molecule has 7 heteroatoms. The van der Waals surface area contributed by atoms with Crippen LogP contribution in [-0.4, -0.2) is 32.3 Å². The van der Waals surface area contributed by atoms with E-state index in [1.165, 1.54) is 9.47 Å². The number of likely N-dealkylation sites (N-methyl/N-ethyl adjacent to an activating group) is 1. The molecular formula is C20H23N5O2. The van der Waals surface area contributed by atoms with Crippen LogP contribution < -0.4 is 10.5 Å². The first-order valence-electron chi connectivity index (χ1n) is 8.73. The van der Waals surface area contributed by atoms with E-state index in [2.05, 4.69) is 10.1 Å². The van der Waals surface area contributed by atoms with Crippen molar-refractivity contribution in [3.63, 3.8) is 0 Å². The summed E-state index contributed by atoms with van der Waals surface area (Å²) in [6, 6.07) is 11.2. The lowest BCUT2D eigenvalue weighted by Gasteiger charge is -2.20. The Kier molecular flexibility index (Phi) is 4.94. The summed E-state index contributed by atoms with van der Waals surface area (Å²) in [5.74, 6) is 0.139. The van der Waals surface area contributed by atoms with Crippen LogP contribution in [0.25, 0.3) is 5.95 Å². The summed E-state index contributed by atoms with van der Waals surface area (Å²) in [5.41, 5.74) is 3.34. The van der Waals surface area contributed by atoms with Crippen molar-refractivity contribution in [2.24, 2.45) is 0 Å². The Hall–Kier alpha value is -3.22. The quantitative estimate of drug-likeness (QED) is 0.711. The van der Waals surface area contributed by atoms with E-state index >= 15 is 0 Å². The summed E-state index contributed by atoms with van der Waals surface area (Å²) in [7, 11) is 1.69. The van der Waals surface area contributed by atoms with Crippen LogP contribution in [0.2, 0.25) is 0 Å². The zero-order valence-corrected chi connectivity index (χ0v) is 16.2. The Labute approximate surface area is 157 Å². The van der Waals surface area contributed by atoms with Crippen molar-refractivity contribution in [1.29, 1.82) is 0 Å². The first kappa shape index (κ1) is 18.6. The first-order valence-corrected chi connectivity index (χ1v) is 8.73. The average molecular weight is 365 g/mol. The minimum absolute atomic E-state index is 0.119. The van der Waals surface area contributed by atoms with E-state index in [1.54, 1.807) is 25.6 Å². The molecule has 0 aliphatic heterocycles. The van der Waals surface area contributed by atoms with E-state index in [9.17, 15) is 9.59 Å². The molecular weight excluding hydrogens is 342 g/mol. The SMILES string of the molecule is Cc1cc(C)n(-c2nc(C)c(C)c(=O)n2CC(=O)N(C)c2ccccc2)n1. The molecule has 0 N–H and O–H groups in total. The number of anilines is 1. The topological polar surface area (TPSA) is 73.0 Å². The molecule has 3 aromatic rings. The fourth-order valence-electron chi connectivity index (χ4n) is 2.91. The van der Waals surface area contributed by atoms with Crippen LogP contribution in [0, 0.1) is 27.7 Å². The molecule has 0 spiro atoms. The highest BCUT2D eigenvalue weighted by atomic mass is 16.2. The summed E-state index contributed by atoms with van der Waals surface area (Å²) < 4.78 is 3.00. The van der Waals surface area contributed by atoms with Gasteiger partial charge in [0.15, 0.2) is 0 Å². The predicted molar refractivity (Wildman–Crippen MR) is 104 cm³/mol. The van der Waals surface area contributed by atoms with Gasteiger partial charge in [0.2, 0.25) is 11.9 Å². The van der Waals surface area contributed by atoms with Gasteiger partial charge in [0.05, 0.1) is 5.69 Å². The van der Waals surface area contributed by atoms with Crippen molar-refractivity contribution < 1.29 is 4.79 Å². The molecule has 0 bridgehead atoms. The van der Waals surface area contributed by atoms with Crippen molar-refractivity contribution >= 4 is 11.6 Å². The van der Waals surface area contributed by atoms with Crippen molar-refractivity contribution in [1.82, 2.24) is 19.3 Å². The normalized spacial score (nSPS) is 10.9. The molecule has 1 aromatic carbocycles. The van der Waals surface area contributed by atoms with E-state index in [0.29, 0.717) is 17.2 Å². The number of carbonyl (C=O) groups is 1. The lowest BCUT2D eigenvalue weighted by Crippen LogP contribution is -2.37. The van der Waals surface area contributed by atoms with E-state index in [1.807, 2.05) is 50.2 Å². The number of hydrogen-bond donors (Lipinski definition) is 0. The number of hydrogen-bond acceptors (Lipinski definition) is 4. The summed E-state index contributed by atoms with van der Waals surface area (Å²) in [5, 5.41) is 4.43. The number of aryl methyl sites for hydroxylation is 3. The third-order valence-corrected chi connectivity index (χ3v) is 4.63. The lowest BCUT2D eigenvalue weighted by atomic mass is 10.2. The number of amides is 1. The van der Waals surface area contributed by atoms with Gasteiger partial charge in [0.25, 0.3) is 5.56 Å². The van der Waals surface area contributed by atoms with Crippen molar-refractivity contribution in [2.75, 3.05) is 11.9 Å². The summed E-state index contributed by atoms with van der Waals surface area (Å²) >= 11 is 0. The molecule has 27 heavy (non-hydrogen) atoms. The number of carbonyl (C=O) groups excluding carboxylic acids is 1. The van der Waals surface area contributed by atoms with Gasteiger partial charge in [-0.05, 0) is 45.9 Å². The Morgan fingerprint density at radius 1 is 1.11 bits per heavy atom. The van der Waals surface area contributed by atoms with Gasteiger partial charge >= 0.3 is 0 Å². The maximum atomic E-state index is 12.9. The van der Waals surface area contributed by atoms with Gasteiger partial charge in [0, 0.05) is 29.7 Å². The second-order valence-electron chi connectivity index (χ2n) is 6.64. The number of nitrogens with zero attached hydrogens (tertiary/aromatic N) is 5. The summed E-state index contributed by atoms with van der Waals surface area (Å²) in [6.45, 7) is 7.16. The largest absolute Gasteiger partial charge is 0.314 e. The molecule has 2 heterocycles. The number of rotatable bonds is 4. The van der Waals surface area contributed by atoms with E-state index < -0.39 is 0 Å². The first-order chi connectivity index (χ1) is 12.8. The molecule has 0 saturated heterocycles.